The molecule has 0 radical (unpaired) electrons. The highest BCUT2D eigenvalue weighted by atomic mass is 32.1. The first-order chi connectivity index (χ1) is 14.5. The fraction of sp³-hybridized carbons (Fsp3) is 0.261. The Labute approximate surface area is 180 Å². The maximum atomic E-state index is 13.3. The first-order valence-electron chi connectivity index (χ1n) is 9.82. The first kappa shape index (κ1) is 20.3. The molecule has 6 nitrogen and oxygen atoms in total. The highest BCUT2D eigenvalue weighted by Gasteiger charge is 2.21. The van der Waals surface area contributed by atoms with Gasteiger partial charge in [0, 0.05) is 19.2 Å². The molecular weight excluding hydrogens is 394 g/mol. The number of aromatic nitrogens is 3. The molecule has 154 valence electrons. The number of amides is 1. The lowest BCUT2D eigenvalue weighted by Crippen LogP contribution is -2.34. The molecule has 0 bridgehead atoms. The maximum absolute atomic E-state index is 13.3. The van der Waals surface area contributed by atoms with E-state index in [1.807, 2.05) is 64.5 Å². The molecule has 1 amide bonds. The topological polar surface area (TPSA) is 63.1 Å². The van der Waals surface area contributed by atoms with Crippen molar-refractivity contribution in [1.82, 2.24) is 25.0 Å². The number of carbonyl (C=O) groups excluding carboxylic acids is 1. The Hall–Kier alpha value is -3.03. The fourth-order valence-electron chi connectivity index (χ4n) is 3.73. The average molecular weight is 420 g/mol. The number of benzene rings is 1. The summed E-state index contributed by atoms with van der Waals surface area (Å²) in [5.74, 6) is -0.113. The molecule has 0 spiro atoms. The third-order valence-electron chi connectivity index (χ3n) is 5.29. The minimum Gasteiger partial charge on any atom is -0.350 e. The predicted molar refractivity (Wildman–Crippen MR) is 122 cm³/mol. The van der Waals surface area contributed by atoms with Crippen molar-refractivity contribution >= 4 is 28.3 Å². The van der Waals surface area contributed by atoms with Crippen LogP contribution >= 0.6 is 11.3 Å². The fourth-order valence-corrected chi connectivity index (χ4v) is 4.44. The number of hydrogen-bond donors (Lipinski definition) is 1. The summed E-state index contributed by atoms with van der Waals surface area (Å²) >= 11 is 1.66. The molecule has 0 saturated carbocycles. The second-order valence-corrected chi connectivity index (χ2v) is 8.35. The Balaban J connectivity index is 1.71. The van der Waals surface area contributed by atoms with Crippen LogP contribution in [0.25, 0.3) is 22.3 Å². The van der Waals surface area contributed by atoms with E-state index in [0.717, 1.165) is 22.3 Å². The summed E-state index contributed by atoms with van der Waals surface area (Å²) in [4.78, 5) is 20.2. The summed E-state index contributed by atoms with van der Waals surface area (Å²) < 4.78 is 1.74. The SMILES string of the molecule is Cc1nn(C)c2nc(-c3ccccc3)cc(C(=O)NCC(c3ccsc3)N(C)C)c12. The summed E-state index contributed by atoms with van der Waals surface area (Å²) in [5, 5.41) is 12.6. The van der Waals surface area contributed by atoms with Gasteiger partial charge in [0.2, 0.25) is 0 Å². The van der Waals surface area contributed by atoms with Gasteiger partial charge in [0.15, 0.2) is 5.65 Å². The molecule has 1 N–H and O–H groups in total. The number of likely N-dealkylation sites (N-methyl/N-ethyl adjacent to an activating group) is 1. The molecule has 0 fully saturated rings. The van der Waals surface area contributed by atoms with Crippen LogP contribution in [0.1, 0.15) is 27.7 Å². The zero-order valence-corrected chi connectivity index (χ0v) is 18.4. The third-order valence-corrected chi connectivity index (χ3v) is 5.99. The van der Waals surface area contributed by atoms with E-state index in [1.54, 1.807) is 16.0 Å². The Bertz CT molecular complexity index is 1170. The van der Waals surface area contributed by atoms with Crippen LogP contribution in [0, 0.1) is 6.92 Å². The Morgan fingerprint density at radius 3 is 2.67 bits per heavy atom. The van der Waals surface area contributed by atoms with Gasteiger partial charge in [-0.1, -0.05) is 30.3 Å². The number of thiophene rings is 1. The molecule has 0 aliphatic carbocycles. The van der Waals surface area contributed by atoms with Crippen LogP contribution in [-0.2, 0) is 7.05 Å². The lowest BCUT2D eigenvalue weighted by Gasteiger charge is -2.24. The summed E-state index contributed by atoms with van der Waals surface area (Å²) in [6, 6.07) is 14.0. The van der Waals surface area contributed by atoms with Gasteiger partial charge in [0.1, 0.15) is 0 Å². The minimum absolute atomic E-state index is 0.112. The number of fused-ring (bicyclic) bond motifs is 1. The Morgan fingerprint density at radius 1 is 1.23 bits per heavy atom. The van der Waals surface area contributed by atoms with E-state index in [1.165, 1.54) is 5.56 Å². The van der Waals surface area contributed by atoms with Crippen molar-refractivity contribution in [2.24, 2.45) is 7.05 Å². The number of pyridine rings is 1. The van der Waals surface area contributed by atoms with Crippen molar-refractivity contribution in [2.75, 3.05) is 20.6 Å². The van der Waals surface area contributed by atoms with E-state index in [9.17, 15) is 4.79 Å². The molecule has 30 heavy (non-hydrogen) atoms. The predicted octanol–water partition coefficient (Wildman–Crippen LogP) is 4.04. The highest BCUT2D eigenvalue weighted by Crippen LogP contribution is 2.27. The van der Waals surface area contributed by atoms with Gasteiger partial charge in [0.25, 0.3) is 5.91 Å². The van der Waals surface area contributed by atoms with Gasteiger partial charge < -0.3 is 10.2 Å². The minimum atomic E-state index is -0.113. The van der Waals surface area contributed by atoms with E-state index in [4.69, 9.17) is 4.98 Å². The van der Waals surface area contributed by atoms with Crippen LogP contribution < -0.4 is 5.32 Å². The number of nitrogens with one attached hydrogen (secondary N) is 1. The second-order valence-electron chi connectivity index (χ2n) is 7.57. The third kappa shape index (κ3) is 3.86. The summed E-state index contributed by atoms with van der Waals surface area (Å²) in [5.41, 5.74) is 5.04. The summed E-state index contributed by atoms with van der Waals surface area (Å²) in [6.45, 7) is 2.43. The van der Waals surface area contributed by atoms with Crippen molar-refractivity contribution in [3.8, 4) is 11.3 Å². The number of hydrogen-bond acceptors (Lipinski definition) is 5. The van der Waals surface area contributed by atoms with E-state index < -0.39 is 0 Å². The largest absolute Gasteiger partial charge is 0.350 e. The van der Waals surface area contributed by atoms with Crippen molar-refractivity contribution < 1.29 is 4.79 Å². The molecule has 0 saturated heterocycles. The van der Waals surface area contributed by atoms with Gasteiger partial charge in [-0.05, 0) is 49.5 Å². The van der Waals surface area contributed by atoms with Gasteiger partial charge in [-0.25, -0.2) is 4.98 Å². The summed E-state index contributed by atoms with van der Waals surface area (Å²) in [7, 11) is 5.91. The molecule has 4 aromatic rings. The van der Waals surface area contributed by atoms with E-state index in [2.05, 4.69) is 32.1 Å². The van der Waals surface area contributed by atoms with Crippen LogP contribution in [0.15, 0.2) is 53.2 Å². The highest BCUT2D eigenvalue weighted by molar-refractivity contribution is 7.08. The van der Waals surface area contributed by atoms with Gasteiger partial charge in [-0.15, -0.1) is 0 Å². The van der Waals surface area contributed by atoms with Crippen LogP contribution in [0.3, 0.4) is 0 Å². The average Bonchev–Trinajstić information content (AvgIpc) is 3.36. The number of nitrogens with zero attached hydrogens (tertiary/aromatic N) is 4. The van der Waals surface area contributed by atoms with Gasteiger partial charge in [-0.2, -0.15) is 16.4 Å². The molecule has 1 unspecified atom stereocenters. The van der Waals surface area contributed by atoms with Gasteiger partial charge in [0.05, 0.1) is 28.4 Å². The zero-order chi connectivity index (χ0) is 21.3. The monoisotopic (exact) mass is 419 g/mol. The van der Waals surface area contributed by atoms with Crippen molar-refractivity contribution in [3.05, 3.63) is 70.0 Å². The molecule has 3 heterocycles. The lowest BCUT2D eigenvalue weighted by atomic mass is 10.0. The smallest absolute Gasteiger partial charge is 0.252 e. The Kier molecular flexibility index (Phi) is 5.65. The van der Waals surface area contributed by atoms with E-state index in [-0.39, 0.29) is 11.9 Å². The molecule has 7 heteroatoms. The number of carbonyl (C=O) groups is 1. The Morgan fingerprint density at radius 2 is 2.00 bits per heavy atom. The lowest BCUT2D eigenvalue weighted by molar-refractivity contribution is 0.0943. The molecule has 0 aliphatic heterocycles. The molecular formula is C23H25N5OS. The van der Waals surface area contributed by atoms with E-state index >= 15 is 0 Å². The first-order valence-corrected chi connectivity index (χ1v) is 10.8. The van der Waals surface area contributed by atoms with Crippen LogP contribution in [0.4, 0.5) is 0 Å². The van der Waals surface area contributed by atoms with Crippen molar-refractivity contribution in [1.29, 1.82) is 0 Å². The number of aryl methyl sites for hydroxylation is 2. The summed E-state index contributed by atoms with van der Waals surface area (Å²) in [6.07, 6.45) is 0. The second kappa shape index (κ2) is 8.38. The molecule has 0 aliphatic rings. The quantitative estimate of drug-likeness (QED) is 0.512. The van der Waals surface area contributed by atoms with Crippen molar-refractivity contribution in [3.63, 3.8) is 0 Å². The zero-order valence-electron chi connectivity index (χ0n) is 17.6. The molecule has 4 rings (SSSR count). The molecule has 1 atom stereocenters. The van der Waals surface area contributed by atoms with Crippen LogP contribution in [0.2, 0.25) is 0 Å². The molecule has 3 aromatic heterocycles. The van der Waals surface area contributed by atoms with Crippen molar-refractivity contribution in [2.45, 2.75) is 13.0 Å². The standard InChI is InChI=1S/C23H25N5OS/c1-15-21-18(23(29)24-13-20(27(2)3)17-10-11-30-14-17)12-19(16-8-6-5-7-9-16)25-22(21)28(4)26-15/h5-12,14,20H,13H2,1-4H3,(H,24,29). The van der Waals surface area contributed by atoms with Crippen LogP contribution in [0.5, 0.6) is 0 Å². The maximum Gasteiger partial charge on any atom is 0.252 e. The van der Waals surface area contributed by atoms with Gasteiger partial charge in [-0.3, -0.25) is 9.48 Å². The number of rotatable bonds is 6. The van der Waals surface area contributed by atoms with Crippen LogP contribution in [-0.4, -0.2) is 46.2 Å². The normalized spacial score (nSPS) is 12.4. The molecule has 1 aromatic carbocycles. The van der Waals surface area contributed by atoms with E-state index in [0.29, 0.717) is 17.8 Å². The van der Waals surface area contributed by atoms with Gasteiger partial charge >= 0.3 is 0 Å².